The summed E-state index contributed by atoms with van der Waals surface area (Å²) in [6.45, 7) is 4.27. The van der Waals surface area contributed by atoms with Crippen LogP contribution in [0.4, 0.5) is 5.00 Å². The van der Waals surface area contributed by atoms with Crippen LogP contribution in [0.25, 0.3) is 5.57 Å². The number of nitrogens with one attached hydrogen (secondary N) is 1. The standard InChI is InChI=1S/C23H25N3OS/c1-16-7-8-19-20(14-24)23(28-21(19)13-16)25-22(27)15-26-11-9-18(10-12-26)17-5-3-2-4-6-17/h2-6,9,16H,7-8,10-13,15H2,1H3,(H,25,27). The van der Waals surface area contributed by atoms with Gasteiger partial charge in [-0.05, 0) is 48.3 Å². The largest absolute Gasteiger partial charge is 0.315 e. The topological polar surface area (TPSA) is 56.1 Å². The fourth-order valence-electron chi connectivity index (χ4n) is 4.10. The zero-order valence-electron chi connectivity index (χ0n) is 16.2. The Morgan fingerprint density at radius 3 is 2.86 bits per heavy atom. The van der Waals surface area contributed by atoms with Crippen LogP contribution >= 0.6 is 11.3 Å². The Balaban J connectivity index is 1.38. The fourth-order valence-corrected chi connectivity index (χ4v) is 5.47. The predicted octanol–water partition coefficient (Wildman–Crippen LogP) is 4.47. The zero-order chi connectivity index (χ0) is 19.5. The van der Waals surface area contributed by atoms with Crippen LogP contribution in [-0.2, 0) is 17.6 Å². The maximum Gasteiger partial charge on any atom is 0.239 e. The number of hydrogen-bond acceptors (Lipinski definition) is 4. The number of thiophene rings is 1. The second kappa shape index (κ2) is 8.30. The minimum absolute atomic E-state index is 0.0280. The molecule has 1 aromatic heterocycles. The molecule has 1 aliphatic carbocycles. The van der Waals surface area contributed by atoms with Crippen molar-refractivity contribution in [1.29, 1.82) is 5.26 Å². The molecule has 0 radical (unpaired) electrons. The summed E-state index contributed by atoms with van der Waals surface area (Å²) >= 11 is 1.59. The second-order valence-corrected chi connectivity index (χ2v) is 8.90. The van der Waals surface area contributed by atoms with Crippen molar-refractivity contribution >= 4 is 27.8 Å². The van der Waals surface area contributed by atoms with E-state index in [1.54, 1.807) is 11.3 Å². The molecule has 5 heteroatoms. The first-order chi connectivity index (χ1) is 13.6. The highest BCUT2D eigenvalue weighted by Crippen LogP contribution is 2.39. The first-order valence-electron chi connectivity index (χ1n) is 9.95. The summed E-state index contributed by atoms with van der Waals surface area (Å²) < 4.78 is 0. The molecule has 1 N–H and O–H groups in total. The summed E-state index contributed by atoms with van der Waals surface area (Å²) in [6, 6.07) is 12.7. The van der Waals surface area contributed by atoms with E-state index in [0.717, 1.165) is 49.3 Å². The van der Waals surface area contributed by atoms with Crippen LogP contribution in [0.1, 0.15) is 41.3 Å². The van der Waals surface area contributed by atoms with Crippen LogP contribution in [0.2, 0.25) is 0 Å². The van der Waals surface area contributed by atoms with Gasteiger partial charge in [-0.2, -0.15) is 5.26 Å². The van der Waals surface area contributed by atoms with Gasteiger partial charge in [0.1, 0.15) is 11.1 Å². The van der Waals surface area contributed by atoms with Gasteiger partial charge in [0.15, 0.2) is 0 Å². The van der Waals surface area contributed by atoms with E-state index in [2.05, 4.69) is 53.6 Å². The van der Waals surface area contributed by atoms with E-state index in [4.69, 9.17) is 0 Å². The van der Waals surface area contributed by atoms with E-state index >= 15 is 0 Å². The van der Waals surface area contributed by atoms with E-state index in [1.165, 1.54) is 16.0 Å². The first kappa shape index (κ1) is 18.9. The van der Waals surface area contributed by atoms with Gasteiger partial charge in [0.2, 0.25) is 5.91 Å². The summed E-state index contributed by atoms with van der Waals surface area (Å²) in [7, 11) is 0. The van der Waals surface area contributed by atoms with Crippen molar-refractivity contribution in [2.45, 2.75) is 32.6 Å². The highest BCUT2D eigenvalue weighted by molar-refractivity contribution is 7.16. The van der Waals surface area contributed by atoms with Crippen LogP contribution in [0.5, 0.6) is 0 Å². The van der Waals surface area contributed by atoms with Crippen LogP contribution < -0.4 is 5.32 Å². The molecule has 2 heterocycles. The lowest BCUT2D eigenvalue weighted by atomic mass is 9.89. The van der Waals surface area contributed by atoms with Gasteiger partial charge in [-0.25, -0.2) is 0 Å². The van der Waals surface area contributed by atoms with E-state index in [0.29, 0.717) is 18.0 Å². The molecule has 1 amide bonds. The molecule has 4 rings (SSSR count). The van der Waals surface area contributed by atoms with Gasteiger partial charge >= 0.3 is 0 Å². The molecule has 28 heavy (non-hydrogen) atoms. The lowest BCUT2D eigenvalue weighted by Crippen LogP contribution is -2.36. The molecular weight excluding hydrogens is 366 g/mol. The lowest BCUT2D eigenvalue weighted by molar-refractivity contribution is -0.117. The summed E-state index contributed by atoms with van der Waals surface area (Å²) in [4.78, 5) is 16.0. The third-order valence-electron chi connectivity index (χ3n) is 5.68. The number of nitrogens with zero attached hydrogens (tertiary/aromatic N) is 2. The van der Waals surface area contributed by atoms with Gasteiger partial charge < -0.3 is 5.32 Å². The molecule has 1 unspecified atom stereocenters. The molecule has 1 aliphatic heterocycles. The minimum Gasteiger partial charge on any atom is -0.315 e. The molecule has 2 aromatic rings. The highest BCUT2D eigenvalue weighted by Gasteiger charge is 2.25. The number of rotatable bonds is 4. The average molecular weight is 392 g/mol. The number of carbonyl (C=O) groups is 1. The molecule has 2 aliphatic rings. The summed E-state index contributed by atoms with van der Waals surface area (Å²) in [5.74, 6) is 0.625. The van der Waals surface area contributed by atoms with Crippen molar-refractivity contribution in [3.8, 4) is 6.07 Å². The SMILES string of the molecule is CC1CCc2c(sc(NC(=O)CN3CC=C(c4ccccc4)CC3)c2C#N)C1. The van der Waals surface area contributed by atoms with Gasteiger partial charge in [0.05, 0.1) is 12.1 Å². The van der Waals surface area contributed by atoms with Crippen molar-refractivity contribution in [1.82, 2.24) is 4.90 Å². The third kappa shape index (κ3) is 4.04. The number of nitriles is 1. The van der Waals surface area contributed by atoms with Crippen molar-refractivity contribution in [3.05, 3.63) is 58.0 Å². The molecule has 1 atom stereocenters. The average Bonchev–Trinajstić information content (AvgIpc) is 3.04. The lowest BCUT2D eigenvalue weighted by Gasteiger charge is -2.25. The van der Waals surface area contributed by atoms with Crippen LogP contribution in [0.3, 0.4) is 0 Å². The first-order valence-corrected chi connectivity index (χ1v) is 10.8. The summed E-state index contributed by atoms with van der Waals surface area (Å²) in [5.41, 5.74) is 4.46. The molecule has 4 nitrogen and oxygen atoms in total. The summed E-state index contributed by atoms with van der Waals surface area (Å²) in [6.07, 6.45) is 6.26. The Bertz CT molecular complexity index is 939. The smallest absolute Gasteiger partial charge is 0.239 e. The molecule has 144 valence electrons. The molecular formula is C23H25N3OS. The zero-order valence-corrected chi connectivity index (χ0v) is 17.0. The Labute approximate surface area is 170 Å². The molecule has 1 aromatic carbocycles. The third-order valence-corrected chi connectivity index (χ3v) is 6.85. The predicted molar refractivity (Wildman–Crippen MR) is 114 cm³/mol. The number of carbonyl (C=O) groups excluding carboxylic acids is 1. The van der Waals surface area contributed by atoms with Gasteiger partial charge in [-0.1, -0.05) is 43.3 Å². The Morgan fingerprint density at radius 1 is 1.32 bits per heavy atom. The Hall–Kier alpha value is -2.42. The van der Waals surface area contributed by atoms with Crippen LogP contribution in [0, 0.1) is 17.2 Å². The van der Waals surface area contributed by atoms with Gasteiger partial charge in [-0.15, -0.1) is 11.3 Å². The number of anilines is 1. The number of hydrogen-bond donors (Lipinski definition) is 1. The van der Waals surface area contributed by atoms with Crippen molar-refractivity contribution in [2.75, 3.05) is 25.0 Å². The van der Waals surface area contributed by atoms with Gasteiger partial charge in [0.25, 0.3) is 0 Å². The molecule has 0 spiro atoms. The van der Waals surface area contributed by atoms with E-state index in [-0.39, 0.29) is 5.91 Å². The Kier molecular flexibility index (Phi) is 5.61. The fraction of sp³-hybridized carbons (Fsp3) is 0.391. The number of benzene rings is 1. The maximum absolute atomic E-state index is 12.6. The van der Waals surface area contributed by atoms with Crippen LogP contribution in [-0.4, -0.2) is 30.4 Å². The molecule has 0 bridgehead atoms. The maximum atomic E-state index is 12.6. The molecule has 0 fully saturated rings. The normalized spacial score (nSPS) is 19.4. The van der Waals surface area contributed by atoms with Crippen molar-refractivity contribution < 1.29 is 4.79 Å². The van der Waals surface area contributed by atoms with Gasteiger partial charge in [-0.3, -0.25) is 9.69 Å². The van der Waals surface area contributed by atoms with Crippen LogP contribution in [0.15, 0.2) is 36.4 Å². The molecule has 0 saturated heterocycles. The van der Waals surface area contributed by atoms with Crippen molar-refractivity contribution in [3.63, 3.8) is 0 Å². The number of amides is 1. The second-order valence-electron chi connectivity index (χ2n) is 7.80. The minimum atomic E-state index is -0.0280. The Morgan fingerprint density at radius 2 is 2.14 bits per heavy atom. The highest BCUT2D eigenvalue weighted by atomic mass is 32.1. The van der Waals surface area contributed by atoms with Gasteiger partial charge in [0, 0.05) is 18.0 Å². The molecule has 0 saturated carbocycles. The quantitative estimate of drug-likeness (QED) is 0.836. The van der Waals surface area contributed by atoms with E-state index in [1.807, 2.05) is 6.07 Å². The van der Waals surface area contributed by atoms with E-state index in [9.17, 15) is 10.1 Å². The van der Waals surface area contributed by atoms with Crippen molar-refractivity contribution in [2.24, 2.45) is 5.92 Å². The number of fused-ring (bicyclic) bond motifs is 1. The van der Waals surface area contributed by atoms with E-state index < -0.39 is 0 Å². The monoisotopic (exact) mass is 391 g/mol. The summed E-state index contributed by atoms with van der Waals surface area (Å²) in [5, 5.41) is 13.3.